The summed E-state index contributed by atoms with van der Waals surface area (Å²) in [7, 11) is 10.0. The van der Waals surface area contributed by atoms with Crippen molar-refractivity contribution in [2.45, 2.75) is 39.2 Å². The first-order chi connectivity index (χ1) is 11.5. The lowest BCUT2D eigenvalue weighted by Gasteiger charge is -2.32. The largest absolute Gasteiger partial charge is 0.385 e. The maximum absolute atomic E-state index is 5.09. The van der Waals surface area contributed by atoms with Crippen molar-refractivity contribution in [1.82, 2.24) is 20.4 Å². The number of nitrogens with one attached hydrogen (secondary N) is 2. The number of nitrogens with zero attached hydrogens (tertiary/aromatic N) is 3. The SMILES string of the molecule is CCC(CC)C(CNC(=NC)NCCN(C)CCCOC)N(C)C.I. The molecule has 0 radical (unpaired) electrons. The van der Waals surface area contributed by atoms with Crippen molar-refractivity contribution >= 4 is 29.9 Å². The van der Waals surface area contributed by atoms with E-state index in [1.807, 2.05) is 7.05 Å². The Balaban J connectivity index is 0. The molecule has 0 saturated heterocycles. The average Bonchev–Trinajstić information content (AvgIpc) is 2.56. The van der Waals surface area contributed by atoms with Gasteiger partial charge in [-0.05, 0) is 33.5 Å². The van der Waals surface area contributed by atoms with Crippen LogP contribution in [0.4, 0.5) is 0 Å². The molecule has 1 unspecified atom stereocenters. The molecule has 1 atom stereocenters. The van der Waals surface area contributed by atoms with Crippen molar-refractivity contribution in [3.05, 3.63) is 0 Å². The molecule has 0 heterocycles. The van der Waals surface area contributed by atoms with Crippen LogP contribution in [0.3, 0.4) is 0 Å². The number of hydrogen-bond acceptors (Lipinski definition) is 4. The standard InChI is InChI=1S/C18H41N5O.HI/c1-8-16(9-2)17(22(4)5)15-21-18(19-3)20-11-13-23(6)12-10-14-24-7;/h16-17H,8-15H2,1-7H3,(H2,19,20,21);1H. The molecular weight excluding hydrogens is 429 g/mol. The first kappa shape index (κ1) is 27.1. The van der Waals surface area contributed by atoms with E-state index in [2.05, 4.69) is 60.4 Å². The summed E-state index contributed by atoms with van der Waals surface area (Å²) in [5.41, 5.74) is 0. The van der Waals surface area contributed by atoms with Crippen LogP contribution in [0.5, 0.6) is 0 Å². The highest BCUT2D eigenvalue weighted by atomic mass is 127. The predicted molar refractivity (Wildman–Crippen MR) is 120 cm³/mol. The first-order valence-corrected chi connectivity index (χ1v) is 9.28. The Bertz CT molecular complexity index is 325. The summed E-state index contributed by atoms with van der Waals surface area (Å²) in [4.78, 5) is 8.97. The van der Waals surface area contributed by atoms with E-state index in [1.165, 1.54) is 12.8 Å². The van der Waals surface area contributed by atoms with Gasteiger partial charge in [0, 0.05) is 53.0 Å². The molecule has 0 aliphatic heterocycles. The smallest absolute Gasteiger partial charge is 0.191 e. The Labute approximate surface area is 173 Å². The number of ether oxygens (including phenoxy) is 1. The molecule has 2 N–H and O–H groups in total. The molecule has 0 amide bonds. The van der Waals surface area contributed by atoms with E-state index in [1.54, 1.807) is 7.11 Å². The molecule has 0 aliphatic carbocycles. The average molecular weight is 471 g/mol. The second kappa shape index (κ2) is 17.3. The van der Waals surface area contributed by atoms with E-state index in [-0.39, 0.29) is 24.0 Å². The van der Waals surface area contributed by atoms with Crippen molar-refractivity contribution in [2.75, 3.05) is 68.1 Å². The lowest BCUT2D eigenvalue weighted by atomic mass is 9.93. The van der Waals surface area contributed by atoms with Gasteiger partial charge >= 0.3 is 0 Å². The van der Waals surface area contributed by atoms with Crippen LogP contribution >= 0.6 is 24.0 Å². The molecule has 7 heteroatoms. The van der Waals surface area contributed by atoms with Crippen molar-refractivity contribution in [2.24, 2.45) is 10.9 Å². The third-order valence-corrected chi connectivity index (χ3v) is 4.63. The van der Waals surface area contributed by atoms with Crippen LogP contribution in [0.1, 0.15) is 33.1 Å². The fourth-order valence-corrected chi connectivity index (χ4v) is 2.98. The van der Waals surface area contributed by atoms with Crippen LogP contribution < -0.4 is 10.6 Å². The number of aliphatic imine (C=N–C) groups is 1. The molecule has 0 rings (SSSR count). The number of methoxy groups -OCH3 is 1. The van der Waals surface area contributed by atoms with E-state index in [0.29, 0.717) is 12.0 Å². The number of halogens is 1. The summed E-state index contributed by atoms with van der Waals surface area (Å²) >= 11 is 0. The molecule has 0 aromatic heterocycles. The quantitative estimate of drug-likeness (QED) is 0.187. The van der Waals surface area contributed by atoms with E-state index in [9.17, 15) is 0 Å². The zero-order chi connectivity index (χ0) is 18.4. The Morgan fingerprint density at radius 2 is 1.72 bits per heavy atom. The summed E-state index contributed by atoms with van der Waals surface area (Å²) in [5.74, 6) is 1.59. The molecule has 0 spiro atoms. The van der Waals surface area contributed by atoms with Gasteiger partial charge in [0.1, 0.15) is 0 Å². The second-order valence-electron chi connectivity index (χ2n) is 6.64. The molecule has 0 bridgehead atoms. The van der Waals surface area contributed by atoms with Crippen molar-refractivity contribution < 1.29 is 4.74 Å². The normalized spacial score (nSPS) is 13.3. The molecule has 0 aromatic carbocycles. The number of hydrogen-bond donors (Lipinski definition) is 2. The van der Waals surface area contributed by atoms with E-state index in [0.717, 1.165) is 45.2 Å². The molecule has 0 aliphatic rings. The van der Waals surface area contributed by atoms with Crippen LogP contribution in [0.2, 0.25) is 0 Å². The van der Waals surface area contributed by atoms with E-state index >= 15 is 0 Å². The van der Waals surface area contributed by atoms with Crippen LogP contribution in [0, 0.1) is 5.92 Å². The molecule has 0 aromatic rings. The predicted octanol–water partition coefficient (Wildman–Crippen LogP) is 2.10. The van der Waals surface area contributed by atoms with Gasteiger partial charge in [0.05, 0.1) is 0 Å². The minimum absolute atomic E-state index is 0. The molecule has 0 fully saturated rings. The maximum atomic E-state index is 5.09. The van der Waals surface area contributed by atoms with Gasteiger partial charge in [-0.1, -0.05) is 26.7 Å². The zero-order valence-corrected chi connectivity index (χ0v) is 19.8. The zero-order valence-electron chi connectivity index (χ0n) is 17.5. The van der Waals surface area contributed by atoms with Gasteiger partial charge in [-0.25, -0.2) is 0 Å². The van der Waals surface area contributed by atoms with Gasteiger partial charge in [-0.2, -0.15) is 0 Å². The lowest BCUT2D eigenvalue weighted by molar-refractivity contribution is 0.180. The van der Waals surface area contributed by atoms with Gasteiger partial charge in [0.25, 0.3) is 0 Å². The highest BCUT2D eigenvalue weighted by molar-refractivity contribution is 14.0. The fourth-order valence-electron chi connectivity index (χ4n) is 2.98. The van der Waals surface area contributed by atoms with Gasteiger partial charge in [0.2, 0.25) is 0 Å². The number of rotatable bonds is 13. The Morgan fingerprint density at radius 1 is 1.08 bits per heavy atom. The highest BCUT2D eigenvalue weighted by Gasteiger charge is 2.20. The molecule has 0 saturated carbocycles. The molecular formula is C18H42IN5O. The van der Waals surface area contributed by atoms with Crippen LogP contribution in [-0.2, 0) is 4.74 Å². The number of likely N-dealkylation sites (N-methyl/N-ethyl adjacent to an activating group) is 2. The van der Waals surface area contributed by atoms with Crippen LogP contribution in [0.25, 0.3) is 0 Å². The van der Waals surface area contributed by atoms with Gasteiger partial charge in [-0.15, -0.1) is 24.0 Å². The summed E-state index contributed by atoms with van der Waals surface area (Å²) < 4.78 is 5.09. The first-order valence-electron chi connectivity index (χ1n) is 9.28. The van der Waals surface area contributed by atoms with Gasteiger partial charge in [0.15, 0.2) is 5.96 Å². The summed E-state index contributed by atoms with van der Waals surface area (Å²) in [6.45, 7) is 9.23. The van der Waals surface area contributed by atoms with Gasteiger partial charge < -0.3 is 25.2 Å². The molecule has 25 heavy (non-hydrogen) atoms. The van der Waals surface area contributed by atoms with E-state index in [4.69, 9.17) is 4.74 Å². The Kier molecular flexibility index (Phi) is 18.8. The minimum Gasteiger partial charge on any atom is -0.385 e. The summed E-state index contributed by atoms with van der Waals surface area (Å²) in [6, 6.07) is 0.523. The minimum atomic E-state index is 0. The third-order valence-electron chi connectivity index (χ3n) is 4.63. The Hall–Kier alpha value is -0.120. The van der Waals surface area contributed by atoms with Crippen molar-refractivity contribution in [3.63, 3.8) is 0 Å². The van der Waals surface area contributed by atoms with E-state index < -0.39 is 0 Å². The monoisotopic (exact) mass is 471 g/mol. The van der Waals surface area contributed by atoms with Crippen molar-refractivity contribution in [1.29, 1.82) is 0 Å². The van der Waals surface area contributed by atoms with Crippen LogP contribution in [0.15, 0.2) is 4.99 Å². The molecule has 152 valence electrons. The lowest BCUT2D eigenvalue weighted by Crippen LogP contribution is -2.48. The summed E-state index contributed by atoms with van der Waals surface area (Å²) in [6.07, 6.45) is 3.48. The van der Waals surface area contributed by atoms with Crippen molar-refractivity contribution in [3.8, 4) is 0 Å². The number of guanidine groups is 1. The topological polar surface area (TPSA) is 52.1 Å². The molecule has 6 nitrogen and oxygen atoms in total. The highest BCUT2D eigenvalue weighted by Crippen LogP contribution is 2.16. The van der Waals surface area contributed by atoms with Gasteiger partial charge in [-0.3, -0.25) is 4.99 Å². The Morgan fingerprint density at radius 3 is 2.20 bits per heavy atom. The third kappa shape index (κ3) is 12.8. The maximum Gasteiger partial charge on any atom is 0.191 e. The second-order valence-corrected chi connectivity index (χ2v) is 6.64. The summed E-state index contributed by atoms with van der Waals surface area (Å²) in [5, 5.41) is 6.89. The van der Waals surface area contributed by atoms with Crippen LogP contribution in [-0.4, -0.2) is 89.9 Å². The fraction of sp³-hybridized carbons (Fsp3) is 0.944.